The molecule has 1 aliphatic rings. The van der Waals surface area contributed by atoms with Crippen molar-refractivity contribution in [2.24, 2.45) is 5.92 Å². The summed E-state index contributed by atoms with van der Waals surface area (Å²) in [7, 11) is 1.74. The van der Waals surface area contributed by atoms with Crippen molar-refractivity contribution in [1.29, 1.82) is 0 Å². The summed E-state index contributed by atoms with van der Waals surface area (Å²) >= 11 is 0. The van der Waals surface area contributed by atoms with Crippen LogP contribution in [0, 0.1) is 5.92 Å². The van der Waals surface area contributed by atoms with E-state index in [1.54, 1.807) is 7.11 Å². The summed E-state index contributed by atoms with van der Waals surface area (Å²) in [4.78, 5) is 0. The van der Waals surface area contributed by atoms with E-state index in [0.717, 1.165) is 11.7 Å². The van der Waals surface area contributed by atoms with Gasteiger partial charge in [-0.15, -0.1) is 0 Å². The van der Waals surface area contributed by atoms with Crippen molar-refractivity contribution in [1.82, 2.24) is 5.32 Å². The Morgan fingerprint density at radius 2 is 2.00 bits per heavy atom. The summed E-state index contributed by atoms with van der Waals surface area (Å²) in [6.45, 7) is 4.49. The molecule has 0 spiro atoms. The van der Waals surface area contributed by atoms with Crippen LogP contribution in [0.1, 0.15) is 44.7 Å². The minimum absolute atomic E-state index is 0.347. The van der Waals surface area contributed by atoms with Crippen molar-refractivity contribution in [2.75, 3.05) is 7.11 Å². The lowest BCUT2D eigenvalue weighted by molar-refractivity contribution is 0.389. The van der Waals surface area contributed by atoms with E-state index in [4.69, 9.17) is 4.74 Å². The third kappa shape index (κ3) is 3.47. The van der Waals surface area contributed by atoms with Crippen LogP contribution in [-0.4, -0.2) is 13.2 Å². The first kappa shape index (κ1) is 12.4. The second-order valence-corrected chi connectivity index (χ2v) is 5.21. The average Bonchev–Trinajstić information content (AvgIpc) is 3.12. The van der Waals surface area contributed by atoms with Crippen molar-refractivity contribution in [3.63, 3.8) is 0 Å². The van der Waals surface area contributed by atoms with Crippen LogP contribution < -0.4 is 10.1 Å². The van der Waals surface area contributed by atoms with Gasteiger partial charge in [-0.2, -0.15) is 0 Å². The summed E-state index contributed by atoms with van der Waals surface area (Å²) in [6.07, 6.45) is 4.16. The van der Waals surface area contributed by atoms with Crippen LogP contribution in [0.2, 0.25) is 0 Å². The highest BCUT2D eigenvalue weighted by Crippen LogP contribution is 2.34. The van der Waals surface area contributed by atoms with E-state index in [9.17, 15) is 0 Å². The third-order valence-corrected chi connectivity index (χ3v) is 3.52. The molecule has 1 aromatic rings. The number of nitrogens with one attached hydrogen (secondary N) is 1. The summed E-state index contributed by atoms with van der Waals surface area (Å²) < 4.78 is 5.40. The van der Waals surface area contributed by atoms with Gasteiger partial charge in [0.05, 0.1) is 7.11 Å². The van der Waals surface area contributed by atoms with Crippen LogP contribution in [0.4, 0.5) is 0 Å². The lowest BCUT2D eigenvalue weighted by Crippen LogP contribution is -2.29. The van der Waals surface area contributed by atoms with Crippen LogP contribution in [-0.2, 0) is 0 Å². The molecule has 1 aliphatic carbocycles. The first-order valence-electron chi connectivity index (χ1n) is 6.59. The molecule has 2 rings (SSSR count). The van der Waals surface area contributed by atoms with Crippen molar-refractivity contribution >= 4 is 0 Å². The molecular weight excluding hydrogens is 210 g/mol. The summed E-state index contributed by atoms with van der Waals surface area (Å²) in [6, 6.07) is 9.19. The minimum atomic E-state index is 0.347. The number of rotatable bonds is 6. The topological polar surface area (TPSA) is 21.3 Å². The number of hydrogen-bond acceptors (Lipinski definition) is 2. The first-order valence-corrected chi connectivity index (χ1v) is 6.59. The Morgan fingerprint density at radius 3 is 2.65 bits per heavy atom. The zero-order valence-electron chi connectivity index (χ0n) is 11.1. The number of methoxy groups -OCH3 is 1. The van der Waals surface area contributed by atoms with Gasteiger partial charge in [0.2, 0.25) is 0 Å². The maximum Gasteiger partial charge on any atom is 0.123 e. The molecule has 2 heteroatoms. The number of hydrogen-bond donors (Lipinski definition) is 1. The zero-order chi connectivity index (χ0) is 12.3. The van der Waals surface area contributed by atoms with Gasteiger partial charge in [-0.05, 0) is 32.3 Å². The molecule has 2 nitrogen and oxygen atoms in total. The second-order valence-electron chi connectivity index (χ2n) is 5.21. The van der Waals surface area contributed by atoms with Gasteiger partial charge in [0.1, 0.15) is 5.75 Å². The highest BCUT2D eigenvalue weighted by Gasteiger charge is 2.24. The van der Waals surface area contributed by atoms with Gasteiger partial charge in [-0.3, -0.25) is 0 Å². The van der Waals surface area contributed by atoms with Gasteiger partial charge in [-0.25, -0.2) is 0 Å². The average molecular weight is 233 g/mol. The lowest BCUT2D eigenvalue weighted by atomic mass is 10.0. The van der Waals surface area contributed by atoms with Gasteiger partial charge in [0.25, 0.3) is 0 Å². The van der Waals surface area contributed by atoms with E-state index in [1.165, 1.54) is 24.8 Å². The predicted octanol–water partition coefficient (Wildman–Crippen LogP) is 3.53. The molecule has 0 bridgehead atoms. The largest absolute Gasteiger partial charge is 0.496 e. The SMILES string of the molecule is COc1ccccc1[C@@H](C)NC(C)CC1CC1. The van der Waals surface area contributed by atoms with Crippen molar-refractivity contribution in [3.8, 4) is 5.75 Å². The highest BCUT2D eigenvalue weighted by molar-refractivity contribution is 5.35. The summed E-state index contributed by atoms with van der Waals surface area (Å²) in [5.41, 5.74) is 1.25. The van der Waals surface area contributed by atoms with Gasteiger partial charge < -0.3 is 10.1 Å². The molecule has 0 aliphatic heterocycles. The fourth-order valence-corrected chi connectivity index (χ4v) is 2.46. The quantitative estimate of drug-likeness (QED) is 0.811. The predicted molar refractivity (Wildman–Crippen MR) is 71.3 cm³/mol. The summed E-state index contributed by atoms with van der Waals surface area (Å²) in [5.74, 6) is 1.95. The molecule has 0 saturated heterocycles. The van der Waals surface area contributed by atoms with Crippen molar-refractivity contribution in [3.05, 3.63) is 29.8 Å². The first-order chi connectivity index (χ1) is 8.20. The maximum atomic E-state index is 5.40. The molecule has 1 N–H and O–H groups in total. The lowest BCUT2D eigenvalue weighted by Gasteiger charge is -2.21. The standard InChI is InChI=1S/C15H23NO/c1-11(10-13-8-9-13)16-12(2)14-6-4-5-7-15(14)17-3/h4-7,11-13,16H,8-10H2,1-3H3/t11?,12-/m1/s1. The van der Waals surface area contributed by atoms with Gasteiger partial charge in [0, 0.05) is 17.6 Å². The van der Waals surface area contributed by atoms with Crippen LogP contribution >= 0.6 is 0 Å². The smallest absolute Gasteiger partial charge is 0.123 e. The van der Waals surface area contributed by atoms with Crippen LogP contribution in [0.3, 0.4) is 0 Å². The monoisotopic (exact) mass is 233 g/mol. The Morgan fingerprint density at radius 1 is 1.29 bits per heavy atom. The second kappa shape index (κ2) is 5.54. The Bertz CT molecular complexity index is 360. The molecule has 1 aromatic carbocycles. The third-order valence-electron chi connectivity index (χ3n) is 3.52. The zero-order valence-corrected chi connectivity index (χ0v) is 11.1. The molecule has 1 fully saturated rings. The number of para-hydroxylation sites is 1. The van der Waals surface area contributed by atoms with Gasteiger partial charge in [-0.1, -0.05) is 31.0 Å². The van der Waals surface area contributed by atoms with E-state index in [0.29, 0.717) is 12.1 Å². The Hall–Kier alpha value is -1.02. The normalized spacial score (nSPS) is 18.8. The van der Waals surface area contributed by atoms with E-state index in [2.05, 4.69) is 31.3 Å². The molecule has 0 radical (unpaired) electrons. The summed E-state index contributed by atoms with van der Waals surface area (Å²) in [5, 5.41) is 3.66. The van der Waals surface area contributed by atoms with Crippen LogP contribution in [0.15, 0.2) is 24.3 Å². The Kier molecular flexibility index (Phi) is 4.06. The maximum absolute atomic E-state index is 5.40. The highest BCUT2D eigenvalue weighted by atomic mass is 16.5. The van der Waals surface area contributed by atoms with Crippen molar-refractivity contribution < 1.29 is 4.74 Å². The minimum Gasteiger partial charge on any atom is -0.496 e. The molecule has 0 amide bonds. The molecular formula is C15H23NO. The molecule has 2 atom stereocenters. The van der Waals surface area contributed by atoms with E-state index in [1.807, 2.05) is 12.1 Å². The molecule has 94 valence electrons. The van der Waals surface area contributed by atoms with Crippen LogP contribution in [0.5, 0.6) is 5.75 Å². The van der Waals surface area contributed by atoms with Crippen LogP contribution in [0.25, 0.3) is 0 Å². The Labute approximate surface area is 104 Å². The van der Waals surface area contributed by atoms with Gasteiger partial charge in [0.15, 0.2) is 0 Å². The molecule has 1 unspecified atom stereocenters. The number of benzene rings is 1. The molecule has 17 heavy (non-hydrogen) atoms. The Balaban J connectivity index is 1.95. The van der Waals surface area contributed by atoms with E-state index in [-0.39, 0.29) is 0 Å². The fraction of sp³-hybridized carbons (Fsp3) is 0.600. The van der Waals surface area contributed by atoms with Gasteiger partial charge >= 0.3 is 0 Å². The molecule has 1 saturated carbocycles. The van der Waals surface area contributed by atoms with E-state index < -0.39 is 0 Å². The molecule has 0 heterocycles. The number of ether oxygens (including phenoxy) is 1. The fourth-order valence-electron chi connectivity index (χ4n) is 2.46. The van der Waals surface area contributed by atoms with E-state index >= 15 is 0 Å². The molecule has 0 aromatic heterocycles. The van der Waals surface area contributed by atoms with Crippen molar-refractivity contribution in [2.45, 2.75) is 45.2 Å².